The molecule has 1 atom stereocenters. The lowest BCUT2D eigenvalue weighted by atomic mass is 10.1. The maximum atomic E-state index is 11.1. The smallest absolute Gasteiger partial charge is 0.352 e. The molecule has 1 fully saturated rings. The summed E-state index contributed by atoms with van der Waals surface area (Å²) in [6, 6.07) is 0. The van der Waals surface area contributed by atoms with Gasteiger partial charge in [0.1, 0.15) is 5.70 Å². The van der Waals surface area contributed by atoms with Crippen molar-refractivity contribution in [2.24, 2.45) is 0 Å². The van der Waals surface area contributed by atoms with Gasteiger partial charge in [-0.05, 0) is 6.08 Å². The molecule has 1 unspecified atom stereocenters. The molecule has 0 aliphatic carbocycles. The molecule has 1 amide bonds. The number of carbonyl (C=O) groups is 2. The molecule has 0 bridgehead atoms. The van der Waals surface area contributed by atoms with Crippen molar-refractivity contribution in [3.05, 3.63) is 23.3 Å². The number of thioether (sulfide) groups is 1. The van der Waals surface area contributed by atoms with Crippen LogP contribution in [0.15, 0.2) is 23.3 Å². The number of β-lactam (4-membered cyclic amide) rings is 1. The van der Waals surface area contributed by atoms with E-state index in [9.17, 15) is 9.59 Å². The van der Waals surface area contributed by atoms with Gasteiger partial charge in [0.05, 0.1) is 11.8 Å². The van der Waals surface area contributed by atoms with Crippen LogP contribution in [-0.2, 0) is 9.59 Å². The lowest BCUT2D eigenvalue weighted by molar-refractivity contribution is -0.145. The molecular formula is C8H7NO3S. The number of fused-ring (bicyclic) bond motifs is 1. The summed E-state index contributed by atoms with van der Waals surface area (Å²) in [6.07, 6.45) is 1.84. The summed E-state index contributed by atoms with van der Waals surface area (Å²) >= 11 is 1.43. The molecule has 0 aromatic heterocycles. The highest BCUT2D eigenvalue weighted by Crippen LogP contribution is 2.41. The molecule has 2 aliphatic rings. The van der Waals surface area contributed by atoms with Crippen LogP contribution >= 0.6 is 11.8 Å². The standard InChI is InChI=1S/C8H7NO3S/c1-4-2-5(8(11)12)9-6(10)3-7(9)13-4/h2,7H,1,3H2,(H,11,12). The number of allylic oxidation sites excluding steroid dienone is 1. The van der Waals surface area contributed by atoms with Crippen LogP contribution in [0.5, 0.6) is 0 Å². The lowest BCUT2D eigenvalue weighted by Crippen LogP contribution is -2.52. The van der Waals surface area contributed by atoms with Crippen LogP contribution in [0.3, 0.4) is 0 Å². The Kier molecular flexibility index (Phi) is 1.69. The first kappa shape index (κ1) is 8.37. The number of carbonyl (C=O) groups excluding carboxylic acids is 1. The molecular weight excluding hydrogens is 190 g/mol. The number of hydrogen-bond donors (Lipinski definition) is 1. The maximum absolute atomic E-state index is 11.1. The number of rotatable bonds is 1. The normalized spacial score (nSPS) is 26.3. The van der Waals surface area contributed by atoms with E-state index in [1.807, 2.05) is 0 Å². The molecule has 2 rings (SSSR count). The topological polar surface area (TPSA) is 57.6 Å². The molecule has 1 saturated heterocycles. The lowest BCUT2D eigenvalue weighted by Gasteiger charge is -2.42. The fourth-order valence-corrected chi connectivity index (χ4v) is 2.46. The van der Waals surface area contributed by atoms with Crippen molar-refractivity contribution >= 4 is 23.6 Å². The third-order valence-corrected chi connectivity index (χ3v) is 3.04. The number of carboxylic acid groups (broad SMARTS) is 1. The Labute approximate surface area is 78.9 Å². The second-order valence-electron chi connectivity index (χ2n) is 2.84. The minimum Gasteiger partial charge on any atom is -0.477 e. The third kappa shape index (κ3) is 1.16. The molecule has 0 aromatic carbocycles. The molecule has 2 heterocycles. The second kappa shape index (κ2) is 2.63. The molecule has 0 radical (unpaired) electrons. The van der Waals surface area contributed by atoms with E-state index in [1.165, 1.54) is 22.7 Å². The van der Waals surface area contributed by atoms with E-state index in [2.05, 4.69) is 6.58 Å². The Morgan fingerprint density at radius 3 is 3.00 bits per heavy atom. The maximum Gasteiger partial charge on any atom is 0.352 e. The van der Waals surface area contributed by atoms with E-state index in [1.54, 1.807) is 0 Å². The van der Waals surface area contributed by atoms with E-state index in [-0.39, 0.29) is 17.0 Å². The van der Waals surface area contributed by atoms with Crippen molar-refractivity contribution in [1.29, 1.82) is 0 Å². The zero-order valence-electron chi connectivity index (χ0n) is 6.69. The molecule has 13 heavy (non-hydrogen) atoms. The fourth-order valence-electron chi connectivity index (χ4n) is 1.37. The van der Waals surface area contributed by atoms with Gasteiger partial charge in [0, 0.05) is 4.91 Å². The summed E-state index contributed by atoms with van der Waals surface area (Å²) in [6.45, 7) is 3.68. The van der Waals surface area contributed by atoms with Gasteiger partial charge in [-0.1, -0.05) is 6.58 Å². The van der Waals surface area contributed by atoms with Crippen molar-refractivity contribution < 1.29 is 14.7 Å². The Bertz CT molecular complexity index is 347. The van der Waals surface area contributed by atoms with Crippen LogP contribution in [0.4, 0.5) is 0 Å². The van der Waals surface area contributed by atoms with Crippen LogP contribution in [0, 0.1) is 0 Å². The zero-order chi connectivity index (χ0) is 9.59. The number of carboxylic acids is 1. The van der Waals surface area contributed by atoms with E-state index in [0.29, 0.717) is 11.3 Å². The molecule has 1 N–H and O–H groups in total. The summed E-state index contributed by atoms with van der Waals surface area (Å²) in [5, 5.41) is 8.74. The number of hydrogen-bond acceptors (Lipinski definition) is 3. The van der Waals surface area contributed by atoms with Gasteiger partial charge in [-0.15, -0.1) is 11.8 Å². The SMILES string of the molecule is C=C1C=C(C(=O)O)N2C(=O)CC2S1. The van der Waals surface area contributed by atoms with Crippen molar-refractivity contribution in [2.75, 3.05) is 0 Å². The molecule has 2 aliphatic heterocycles. The molecule has 4 nitrogen and oxygen atoms in total. The van der Waals surface area contributed by atoms with Gasteiger partial charge in [0.25, 0.3) is 0 Å². The molecule has 0 aromatic rings. The summed E-state index contributed by atoms with van der Waals surface area (Å²) in [5.41, 5.74) is 0.0463. The van der Waals surface area contributed by atoms with Crippen molar-refractivity contribution in [1.82, 2.24) is 4.90 Å². The van der Waals surface area contributed by atoms with E-state index >= 15 is 0 Å². The van der Waals surface area contributed by atoms with Crippen LogP contribution < -0.4 is 0 Å². The Hall–Kier alpha value is -1.23. The first-order valence-electron chi connectivity index (χ1n) is 3.72. The highest BCUT2D eigenvalue weighted by Gasteiger charge is 2.43. The number of nitrogens with zero attached hydrogens (tertiary/aromatic N) is 1. The molecule has 68 valence electrons. The van der Waals surface area contributed by atoms with E-state index in [4.69, 9.17) is 5.11 Å². The first-order chi connectivity index (χ1) is 6.09. The second-order valence-corrected chi connectivity index (χ2v) is 4.15. The van der Waals surface area contributed by atoms with Gasteiger partial charge in [0.2, 0.25) is 5.91 Å². The van der Waals surface area contributed by atoms with Gasteiger partial charge in [-0.2, -0.15) is 0 Å². The summed E-state index contributed by atoms with van der Waals surface area (Å²) < 4.78 is 0. The van der Waals surface area contributed by atoms with Crippen LogP contribution in [0.25, 0.3) is 0 Å². The minimum absolute atomic E-state index is 0.0453. The molecule has 5 heteroatoms. The average Bonchev–Trinajstić information content (AvgIpc) is 2.01. The predicted octanol–water partition coefficient (Wildman–Crippen LogP) is 0.774. The first-order valence-corrected chi connectivity index (χ1v) is 4.60. The largest absolute Gasteiger partial charge is 0.477 e. The molecule has 0 saturated carbocycles. The summed E-state index contributed by atoms with van der Waals surface area (Å²) in [7, 11) is 0. The number of aliphatic carboxylic acids is 1. The quantitative estimate of drug-likeness (QED) is 0.631. The monoisotopic (exact) mass is 197 g/mol. The van der Waals surface area contributed by atoms with Crippen molar-refractivity contribution in [2.45, 2.75) is 11.8 Å². The van der Waals surface area contributed by atoms with Crippen molar-refractivity contribution in [3.63, 3.8) is 0 Å². The van der Waals surface area contributed by atoms with Gasteiger partial charge >= 0.3 is 5.97 Å². The van der Waals surface area contributed by atoms with Crippen molar-refractivity contribution in [3.8, 4) is 0 Å². The predicted molar refractivity (Wildman–Crippen MR) is 47.7 cm³/mol. The van der Waals surface area contributed by atoms with E-state index < -0.39 is 5.97 Å². The molecule has 0 spiro atoms. The Morgan fingerprint density at radius 2 is 2.46 bits per heavy atom. The van der Waals surface area contributed by atoms with Crippen LogP contribution in [0.2, 0.25) is 0 Å². The summed E-state index contributed by atoms with van der Waals surface area (Å²) in [4.78, 5) is 23.8. The van der Waals surface area contributed by atoms with Crippen LogP contribution in [0.1, 0.15) is 6.42 Å². The number of amides is 1. The van der Waals surface area contributed by atoms with Gasteiger partial charge in [-0.3, -0.25) is 9.69 Å². The third-order valence-electron chi connectivity index (χ3n) is 1.97. The zero-order valence-corrected chi connectivity index (χ0v) is 7.50. The minimum atomic E-state index is -1.07. The van der Waals surface area contributed by atoms with Gasteiger partial charge in [-0.25, -0.2) is 4.79 Å². The highest BCUT2D eigenvalue weighted by atomic mass is 32.2. The van der Waals surface area contributed by atoms with E-state index in [0.717, 1.165) is 0 Å². The van der Waals surface area contributed by atoms with Gasteiger partial charge in [0.15, 0.2) is 0 Å². The summed E-state index contributed by atoms with van der Waals surface area (Å²) in [5.74, 6) is -1.20. The van der Waals surface area contributed by atoms with Crippen LogP contribution in [-0.4, -0.2) is 27.3 Å². The average molecular weight is 197 g/mol. The Balaban J connectivity index is 2.36. The highest BCUT2D eigenvalue weighted by molar-refractivity contribution is 8.04. The van der Waals surface area contributed by atoms with Gasteiger partial charge < -0.3 is 5.11 Å². The Morgan fingerprint density at radius 1 is 1.77 bits per heavy atom. The fraction of sp³-hybridized carbons (Fsp3) is 0.250.